The molecule has 1 aliphatic heterocycles. The molecule has 33 heavy (non-hydrogen) atoms. The fraction of sp³-hybridized carbons (Fsp3) is 0.280. The van der Waals surface area contributed by atoms with E-state index in [2.05, 4.69) is 0 Å². The minimum atomic E-state index is -1.10. The molecule has 0 saturated heterocycles. The second-order valence-electron chi connectivity index (χ2n) is 8.08. The third kappa shape index (κ3) is 4.33. The summed E-state index contributed by atoms with van der Waals surface area (Å²) in [6, 6.07) is 13.1. The van der Waals surface area contributed by atoms with Crippen LogP contribution < -0.4 is 4.90 Å². The molecule has 1 aliphatic rings. The largest absolute Gasteiger partial charge is 0.480 e. The predicted molar refractivity (Wildman–Crippen MR) is 120 cm³/mol. The summed E-state index contributed by atoms with van der Waals surface area (Å²) in [5.41, 5.74) is 1.82. The van der Waals surface area contributed by atoms with Gasteiger partial charge in [-0.05, 0) is 59.2 Å². The van der Waals surface area contributed by atoms with Crippen LogP contribution in [0.2, 0.25) is 0 Å². The van der Waals surface area contributed by atoms with Gasteiger partial charge in [0.1, 0.15) is 17.7 Å². The van der Waals surface area contributed by atoms with Gasteiger partial charge in [-0.15, -0.1) is 0 Å². The highest BCUT2D eigenvalue weighted by Crippen LogP contribution is 2.43. The van der Waals surface area contributed by atoms with E-state index in [1.165, 1.54) is 36.2 Å². The van der Waals surface area contributed by atoms with Crippen LogP contribution in [-0.2, 0) is 16.1 Å². The van der Waals surface area contributed by atoms with Gasteiger partial charge < -0.3 is 19.6 Å². The molecule has 1 heterocycles. The molecule has 0 aliphatic carbocycles. The first-order valence-electron chi connectivity index (χ1n) is 10.6. The lowest BCUT2D eigenvalue weighted by Gasteiger charge is -2.29. The fourth-order valence-corrected chi connectivity index (χ4v) is 4.54. The third-order valence-electron chi connectivity index (χ3n) is 5.99. The molecule has 1 N–H and O–H groups in total. The van der Waals surface area contributed by atoms with Crippen LogP contribution in [0, 0.1) is 11.6 Å². The highest BCUT2D eigenvalue weighted by Gasteiger charge is 2.44. The number of carboxylic acid groups (broad SMARTS) is 1. The average molecular weight is 454 g/mol. The fourth-order valence-electron chi connectivity index (χ4n) is 4.54. The highest BCUT2D eigenvalue weighted by atomic mass is 19.1. The zero-order chi connectivity index (χ0) is 23.7. The molecule has 3 aromatic rings. The Bertz CT molecular complexity index is 1220. The van der Waals surface area contributed by atoms with Gasteiger partial charge in [-0.25, -0.2) is 18.4 Å². The molecule has 8 heteroatoms. The van der Waals surface area contributed by atoms with Crippen molar-refractivity contribution in [2.75, 3.05) is 25.1 Å². The van der Waals surface area contributed by atoms with E-state index in [1.807, 2.05) is 18.2 Å². The number of amides is 1. The molecule has 0 spiro atoms. The van der Waals surface area contributed by atoms with Gasteiger partial charge in [0.15, 0.2) is 0 Å². The summed E-state index contributed by atoms with van der Waals surface area (Å²) < 4.78 is 33.2. The van der Waals surface area contributed by atoms with E-state index in [9.17, 15) is 23.5 Å². The van der Waals surface area contributed by atoms with E-state index < -0.39 is 29.8 Å². The summed E-state index contributed by atoms with van der Waals surface area (Å²) in [5.74, 6) is -2.66. The molecule has 1 amide bonds. The van der Waals surface area contributed by atoms with Gasteiger partial charge in [-0.1, -0.05) is 24.3 Å². The first-order chi connectivity index (χ1) is 15.8. The number of hydrogen-bond acceptors (Lipinski definition) is 4. The summed E-state index contributed by atoms with van der Waals surface area (Å²) >= 11 is 0. The van der Waals surface area contributed by atoms with Gasteiger partial charge >= 0.3 is 12.1 Å². The van der Waals surface area contributed by atoms with Gasteiger partial charge in [0.2, 0.25) is 0 Å². The number of likely N-dealkylation sites (N-methyl/N-ethyl adjacent to an activating group) is 1. The second kappa shape index (κ2) is 9.05. The van der Waals surface area contributed by atoms with Crippen molar-refractivity contribution < 1.29 is 28.2 Å². The van der Waals surface area contributed by atoms with Crippen molar-refractivity contribution in [1.29, 1.82) is 0 Å². The Hall–Kier alpha value is -3.68. The number of carbonyl (C=O) groups is 2. The maximum atomic E-state index is 14.2. The molecule has 172 valence electrons. The lowest BCUT2D eigenvalue weighted by atomic mass is 9.94. The molecule has 0 radical (unpaired) electrons. The van der Waals surface area contributed by atoms with Crippen LogP contribution in [0.1, 0.15) is 24.0 Å². The van der Waals surface area contributed by atoms with E-state index in [1.54, 1.807) is 24.0 Å². The van der Waals surface area contributed by atoms with Gasteiger partial charge in [0.05, 0.1) is 6.61 Å². The van der Waals surface area contributed by atoms with Crippen LogP contribution in [0.3, 0.4) is 0 Å². The Morgan fingerprint density at radius 3 is 2.55 bits per heavy atom. The molecule has 0 saturated carbocycles. The molecule has 6 nitrogen and oxygen atoms in total. The summed E-state index contributed by atoms with van der Waals surface area (Å²) in [4.78, 5) is 27.6. The number of aliphatic carboxylic acids is 1. The molecule has 2 unspecified atom stereocenters. The Morgan fingerprint density at radius 2 is 1.82 bits per heavy atom. The maximum absolute atomic E-state index is 14.2. The van der Waals surface area contributed by atoms with Gasteiger partial charge in [0.25, 0.3) is 0 Å². The maximum Gasteiger partial charge on any atom is 0.409 e. The number of fused-ring (bicyclic) bond motifs is 2. The topological polar surface area (TPSA) is 70.1 Å². The van der Waals surface area contributed by atoms with Crippen molar-refractivity contribution in [3.05, 3.63) is 77.4 Å². The molecule has 4 rings (SSSR count). The lowest BCUT2D eigenvalue weighted by Crippen LogP contribution is -2.44. The number of ether oxygens (including phenoxy) is 1. The molecule has 0 bridgehead atoms. The summed E-state index contributed by atoms with van der Waals surface area (Å²) in [5, 5.41) is 11.7. The van der Waals surface area contributed by atoms with Crippen molar-refractivity contribution in [1.82, 2.24) is 4.90 Å². The summed E-state index contributed by atoms with van der Waals surface area (Å²) in [6.07, 6.45) is -0.581. The first kappa shape index (κ1) is 22.5. The van der Waals surface area contributed by atoms with Crippen LogP contribution >= 0.6 is 0 Å². The number of anilines is 1. The molecular weight excluding hydrogens is 430 g/mol. The lowest BCUT2D eigenvalue weighted by molar-refractivity contribution is -0.139. The quantitative estimate of drug-likeness (QED) is 0.582. The van der Waals surface area contributed by atoms with Crippen LogP contribution in [0.25, 0.3) is 10.8 Å². The first-order valence-corrected chi connectivity index (χ1v) is 10.6. The summed E-state index contributed by atoms with van der Waals surface area (Å²) in [6.45, 7) is 2.08. The van der Waals surface area contributed by atoms with Crippen LogP contribution in [-0.4, -0.2) is 48.3 Å². The number of hydrogen-bond donors (Lipinski definition) is 1. The number of nitrogens with zero attached hydrogens (tertiary/aromatic N) is 2. The number of carboxylic acids is 1. The van der Waals surface area contributed by atoms with Crippen LogP contribution in [0.4, 0.5) is 19.3 Å². The number of halogens is 2. The zero-order valence-electron chi connectivity index (χ0n) is 18.3. The standard InChI is InChI=1S/C25H24F2N2O4/c1-3-33-25(32)28(2)14-21-20-12-18(27)9-10-22(20)29(23(21)24(30)31)13-16-6-4-5-15-7-8-17(26)11-19(15)16/h4-12,21,23H,3,13-14H2,1-2H3,(H,30,31). The smallest absolute Gasteiger partial charge is 0.409 e. The molecule has 0 aromatic heterocycles. The molecule has 2 atom stereocenters. The number of rotatable bonds is 6. The van der Waals surface area contributed by atoms with Crippen molar-refractivity contribution in [3.8, 4) is 0 Å². The SMILES string of the molecule is CCOC(=O)N(C)CC1c2cc(F)ccc2N(Cc2cccc3ccc(F)cc23)C1C(=O)O. The zero-order valence-corrected chi connectivity index (χ0v) is 18.3. The van der Waals surface area contributed by atoms with E-state index >= 15 is 0 Å². The Morgan fingerprint density at radius 1 is 1.09 bits per heavy atom. The van der Waals surface area contributed by atoms with Gasteiger partial charge in [-0.3, -0.25) is 0 Å². The van der Waals surface area contributed by atoms with E-state index in [-0.39, 0.29) is 25.5 Å². The normalized spacial score (nSPS) is 17.2. The summed E-state index contributed by atoms with van der Waals surface area (Å²) in [7, 11) is 1.52. The third-order valence-corrected chi connectivity index (χ3v) is 5.99. The van der Waals surface area contributed by atoms with Gasteiger partial charge in [0, 0.05) is 31.7 Å². The van der Waals surface area contributed by atoms with Crippen LogP contribution in [0.15, 0.2) is 54.6 Å². The van der Waals surface area contributed by atoms with E-state index in [4.69, 9.17) is 4.74 Å². The number of benzene rings is 3. The van der Waals surface area contributed by atoms with Crippen molar-refractivity contribution in [3.63, 3.8) is 0 Å². The molecular formula is C25H24F2N2O4. The molecule has 3 aromatic carbocycles. The Balaban J connectivity index is 1.76. The Kier molecular flexibility index (Phi) is 6.18. The second-order valence-corrected chi connectivity index (χ2v) is 8.08. The van der Waals surface area contributed by atoms with Crippen molar-refractivity contribution >= 4 is 28.5 Å². The number of carbonyl (C=O) groups excluding carboxylic acids is 1. The van der Waals surface area contributed by atoms with E-state index in [0.29, 0.717) is 16.6 Å². The predicted octanol–water partition coefficient (Wildman–Crippen LogP) is 4.76. The van der Waals surface area contributed by atoms with Crippen LogP contribution in [0.5, 0.6) is 0 Å². The monoisotopic (exact) mass is 454 g/mol. The minimum absolute atomic E-state index is 0.0346. The minimum Gasteiger partial charge on any atom is -0.480 e. The Labute approximate surface area is 190 Å². The van der Waals surface area contributed by atoms with E-state index in [0.717, 1.165) is 10.9 Å². The molecule has 0 fully saturated rings. The van der Waals surface area contributed by atoms with Crippen molar-refractivity contribution in [2.24, 2.45) is 0 Å². The van der Waals surface area contributed by atoms with Crippen molar-refractivity contribution in [2.45, 2.75) is 25.4 Å². The highest BCUT2D eigenvalue weighted by molar-refractivity contribution is 5.88. The average Bonchev–Trinajstić information content (AvgIpc) is 3.06. The van der Waals surface area contributed by atoms with Gasteiger partial charge in [-0.2, -0.15) is 0 Å².